The van der Waals surface area contributed by atoms with Crippen molar-refractivity contribution in [1.29, 1.82) is 0 Å². The molecule has 156 valence electrons. The molecule has 1 heteroatoms. The first-order valence-corrected chi connectivity index (χ1v) is 12.1. The molecule has 0 radical (unpaired) electrons. The summed E-state index contributed by atoms with van der Waals surface area (Å²) < 4.78 is 1.51. The van der Waals surface area contributed by atoms with Gasteiger partial charge in [0.1, 0.15) is 0 Å². The molecule has 0 spiro atoms. The Labute approximate surface area is 199 Å². The molecule has 0 amide bonds. The number of allylic oxidation sites excluding steroid dienone is 4. The van der Waals surface area contributed by atoms with E-state index in [9.17, 15) is 0 Å². The first-order valence-electron chi connectivity index (χ1n) is 10.8. The number of rotatable bonds is 0. The molecule has 0 aliphatic heterocycles. The molecule has 0 unspecified atom stereocenters. The SMILES string of the molecule is CC(C)(C)c1[c-]c2c(cc1)-c1ccc(C(C)(C)C)cc1C2.C[C](C)=[Zr+2].[C-]1=CC=CC1. The van der Waals surface area contributed by atoms with Gasteiger partial charge in [-0.2, -0.15) is 29.8 Å². The van der Waals surface area contributed by atoms with Crippen LogP contribution < -0.4 is 0 Å². The fourth-order valence-corrected chi connectivity index (χ4v) is 3.37. The first-order chi connectivity index (χ1) is 13.9. The van der Waals surface area contributed by atoms with Gasteiger partial charge in [-0.05, 0) is 28.4 Å². The van der Waals surface area contributed by atoms with E-state index in [1.165, 1.54) is 36.6 Å². The predicted octanol–water partition coefficient (Wildman–Crippen LogP) is 7.70. The van der Waals surface area contributed by atoms with E-state index in [4.69, 9.17) is 0 Å². The maximum atomic E-state index is 3.67. The normalized spacial score (nSPS) is 13.7. The van der Waals surface area contributed by atoms with E-state index in [2.05, 4.69) is 104 Å². The van der Waals surface area contributed by atoms with Gasteiger partial charge in [0.15, 0.2) is 0 Å². The van der Waals surface area contributed by atoms with E-state index in [1.54, 1.807) is 24.2 Å². The molecule has 0 fully saturated rings. The Morgan fingerprint density at radius 1 is 0.900 bits per heavy atom. The molecule has 30 heavy (non-hydrogen) atoms. The van der Waals surface area contributed by atoms with Crippen LogP contribution in [0.4, 0.5) is 0 Å². The molecule has 2 aromatic carbocycles. The Balaban J connectivity index is 0.000000297. The summed E-state index contributed by atoms with van der Waals surface area (Å²) in [4.78, 5) is 0. The van der Waals surface area contributed by atoms with Gasteiger partial charge in [0.25, 0.3) is 0 Å². The average molecular weight is 476 g/mol. The molecule has 0 nitrogen and oxygen atoms in total. The van der Waals surface area contributed by atoms with Crippen LogP contribution in [0.1, 0.15) is 84.1 Å². The summed E-state index contributed by atoms with van der Waals surface area (Å²) in [5.41, 5.74) is 8.70. The van der Waals surface area contributed by atoms with E-state index in [-0.39, 0.29) is 10.8 Å². The average Bonchev–Trinajstić information content (AvgIpc) is 3.30. The van der Waals surface area contributed by atoms with Crippen LogP contribution in [0.15, 0.2) is 48.6 Å². The van der Waals surface area contributed by atoms with Gasteiger partial charge in [-0.1, -0.05) is 65.3 Å². The summed E-state index contributed by atoms with van der Waals surface area (Å²) in [5, 5.41) is 0. The largest absolute Gasteiger partial charge is 0.273 e. The van der Waals surface area contributed by atoms with E-state index in [0.29, 0.717) is 0 Å². The third kappa shape index (κ3) is 7.13. The number of fused-ring (bicyclic) bond motifs is 3. The van der Waals surface area contributed by atoms with Crippen LogP contribution in [0.25, 0.3) is 11.1 Å². The Morgan fingerprint density at radius 3 is 2.00 bits per heavy atom. The summed E-state index contributed by atoms with van der Waals surface area (Å²) in [5.74, 6) is 0. The second-order valence-electron chi connectivity index (χ2n) is 10.3. The summed E-state index contributed by atoms with van der Waals surface area (Å²) in [6, 6.07) is 15.2. The van der Waals surface area contributed by atoms with Crippen LogP contribution in [0.3, 0.4) is 0 Å². The smallest absolute Gasteiger partial charge is 0.109 e. The fraction of sp³-hybridized carbons (Fsp3) is 0.414. The Morgan fingerprint density at radius 2 is 1.53 bits per heavy atom. The Hall–Kier alpha value is -1.33. The zero-order valence-corrected chi connectivity index (χ0v) is 22.5. The van der Waals surface area contributed by atoms with E-state index < -0.39 is 0 Å². The summed E-state index contributed by atoms with van der Waals surface area (Å²) >= 11 is 1.55. The van der Waals surface area contributed by atoms with Gasteiger partial charge in [0.2, 0.25) is 0 Å². The predicted molar refractivity (Wildman–Crippen MR) is 129 cm³/mol. The molecule has 0 heterocycles. The minimum Gasteiger partial charge on any atom is -0.273 e. The second kappa shape index (κ2) is 10.3. The standard InChI is InChI=1S/C21H25.C5H5.C3H6.Zr/c1-20(2,3)16-7-9-18-14(12-16)11-15-13-17(21(4,5)6)8-10-19(15)18;1-2-4-5-3-1;1-3-2;/h7-10,12H,11H2,1-6H3;1-3H,4H2;1-2H3;/q2*-1;;+2. The minimum absolute atomic E-state index is 0.167. The molecule has 0 saturated carbocycles. The number of hydrogen-bond acceptors (Lipinski definition) is 0. The van der Waals surface area contributed by atoms with Crippen LogP contribution in [-0.2, 0) is 41.5 Å². The molecule has 2 aliphatic rings. The molecule has 0 N–H and O–H groups in total. The summed E-state index contributed by atoms with van der Waals surface area (Å²) in [7, 11) is 0. The zero-order chi connectivity index (χ0) is 22.5. The Bertz CT molecular complexity index is 868. The summed E-state index contributed by atoms with van der Waals surface area (Å²) in [6.07, 6.45) is 11.0. The van der Waals surface area contributed by atoms with Gasteiger partial charge in [-0.15, -0.1) is 17.5 Å². The molecular weight excluding hydrogens is 440 g/mol. The van der Waals surface area contributed by atoms with Gasteiger partial charge >= 0.3 is 41.3 Å². The van der Waals surface area contributed by atoms with Crippen molar-refractivity contribution in [3.8, 4) is 11.1 Å². The van der Waals surface area contributed by atoms with Crippen LogP contribution in [0.2, 0.25) is 0 Å². The molecular formula is C29H36Zr. The monoisotopic (exact) mass is 474 g/mol. The van der Waals surface area contributed by atoms with E-state index in [1.807, 2.05) is 12.2 Å². The van der Waals surface area contributed by atoms with Crippen LogP contribution >= 0.6 is 0 Å². The fourth-order valence-electron chi connectivity index (χ4n) is 3.37. The second-order valence-corrected chi connectivity index (χ2v) is 12.8. The molecule has 4 rings (SSSR count). The van der Waals surface area contributed by atoms with Crippen molar-refractivity contribution in [3.63, 3.8) is 0 Å². The molecule has 0 aromatic heterocycles. The van der Waals surface area contributed by atoms with Crippen molar-refractivity contribution in [2.45, 2.75) is 79.1 Å². The van der Waals surface area contributed by atoms with Crippen LogP contribution in [-0.4, -0.2) is 3.21 Å². The van der Waals surface area contributed by atoms with Gasteiger partial charge in [0, 0.05) is 0 Å². The van der Waals surface area contributed by atoms with Crippen molar-refractivity contribution >= 4 is 3.21 Å². The topological polar surface area (TPSA) is 0 Å². The van der Waals surface area contributed by atoms with Crippen molar-refractivity contribution in [2.75, 3.05) is 0 Å². The zero-order valence-electron chi connectivity index (χ0n) is 20.0. The van der Waals surface area contributed by atoms with Gasteiger partial charge in [0.05, 0.1) is 0 Å². The number of benzene rings is 2. The van der Waals surface area contributed by atoms with Gasteiger partial charge in [-0.25, -0.2) is 12.2 Å². The molecule has 0 atom stereocenters. The third-order valence-corrected chi connectivity index (χ3v) is 5.05. The maximum Gasteiger partial charge on any atom is -0.109 e. The Kier molecular flexibility index (Phi) is 8.58. The first kappa shape index (κ1) is 24.9. The van der Waals surface area contributed by atoms with E-state index in [0.717, 1.165) is 12.8 Å². The van der Waals surface area contributed by atoms with Crippen molar-refractivity contribution in [3.05, 3.63) is 83.0 Å². The number of hydrogen-bond donors (Lipinski definition) is 0. The molecule has 0 bridgehead atoms. The quantitative estimate of drug-likeness (QED) is 0.292. The summed E-state index contributed by atoms with van der Waals surface area (Å²) in [6.45, 7) is 17.8. The van der Waals surface area contributed by atoms with Gasteiger partial charge in [-0.3, -0.25) is 6.08 Å². The molecule has 2 aromatic rings. The van der Waals surface area contributed by atoms with Crippen molar-refractivity contribution in [2.24, 2.45) is 0 Å². The van der Waals surface area contributed by atoms with Crippen LogP contribution in [0, 0.1) is 12.1 Å². The van der Waals surface area contributed by atoms with Crippen molar-refractivity contribution in [1.82, 2.24) is 0 Å². The van der Waals surface area contributed by atoms with Crippen LogP contribution in [0.5, 0.6) is 0 Å². The van der Waals surface area contributed by atoms with Crippen molar-refractivity contribution < 1.29 is 24.2 Å². The molecule has 0 saturated heterocycles. The van der Waals surface area contributed by atoms with Gasteiger partial charge < -0.3 is 0 Å². The minimum atomic E-state index is 0.167. The van der Waals surface area contributed by atoms with E-state index >= 15 is 0 Å². The maximum absolute atomic E-state index is 3.67. The molecule has 2 aliphatic carbocycles. The third-order valence-electron chi connectivity index (χ3n) is 5.05.